The average Bonchev–Trinajstić information content (AvgIpc) is 2.39. The molecule has 0 spiro atoms. The van der Waals surface area contributed by atoms with E-state index in [2.05, 4.69) is 10.6 Å². The highest BCUT2D eigenvalue weighted by atomic mass is 16.4. The highest BCUT2D eigenvalue weighted by molar-refractivity contribution is 5.74. The van der Waals surface area contributed by atoms with Gasteiger partial charge in [-0.05, 0) is 31.1 Å². The Bertz CT molecular complexity index is 342. The summed E-state index contributed by atoms with van der Waals surface area (Å²) in [4.78, 5) is 22.8. The van der Waals surface area contributed by atoms with E-state index in [9.17, 15) is 14.7 Å². The van der Waals surface area contributed by atoms with Gasteiger partial charge in [0.1, 0.15) is 0 Å². The van der Waals surface area contributed by atoms with Crippen molar-refractivity contribution in [3.8, 4) is 0 Å². The van der Waals surface area contributed by atoms with Gasteiger partial charge in [0.2, 0.25) is 0 Å². The molecule has 2 fully saturated rings. The first-order chi connectivity index (χ1) is 9.66. The molecule has 2 atom stereocenters. The van der Waals surface area contributed by atoms with E-state index in [1.54, 1.807) is 0 Å². The molecule has 2 aliphatic rings. The van der Waals surface area contributed by atoms with E-state index in [1.807, 2.05) is 0 Å². The largest absolute Gasteiger partial charge is 0.481 e. The lowest BCUT2D eigenvalue weighted by Crippen LogP contribution is -2.42. The van der Waals surface area contributed by atoms with Crippen LogP contribution in [0.25, 0.3) is 0 Å². The molecule has 0 aromatic carbocycles. The van der Waals surface area contributed by atoms with Gasteiger partial charge < -0.3 is 15.7 Å². The van der Waals surface area contributed by atoms with Crippen LogP contribution in [0.3, 0.4) is 0 Å². The van der Waals surface area contributed by atoms with Crippen LogP contribution in [0.15, 0.2) is 0 Å². The second kappa shape index (κ2) is 7.50. The Balaban J connectivity index is 1.62. The highest BCUT2D eigenvalue weighted by Gasteiger charge is 2.30. The van der Waals surface area contributed by atoms with Gasteiger partial charge in [0.05, 0.1) is 5.92 Å². The van der Waals surface area contributed by atoms with Crippen molar-refractivity contribution in [2.75, 3.05) is 13.1 Å². The fraction of sp³-hybridized carbons (Fsp3) is 0.867. The smallest absolute Gasteiger partial charge is 0.314 e. The monoisotopic (exact) mass is 282 g/mol. The molecule has 2 aliphatic carbocycles. The zero-order valence-electron chi connectivity index (χ0n) is 12.1. The molecule has 0 saturated heterocycles. The highest BCUT2D eigenvalue weighted by Crippen LogP contribution is 2.30. The quantitative estimate of drug-likeness (QED) is 0.700. The van der Waals surface area contributed by atoms with E-state index >= 15 is 0 Å². The summed E-state index contributed by atoms with van der Waals surface area (Å²) in [7, 11) is 0. The van der Waals surface area contributed by atoms with Crippen LogP contribution in [0.1, 0.15) is 51.4 Å². The molecule has 3 N–H and O–H groups in total. The first kappa shape index (κ1) is 15.1. The SMILES string of the molecule is O=C(NCCC1CCC1)NCC1CCCCC1C(=O)O. The van der Waals surface area contributed by atoms with Crippen LogP contribution in [0, 0.1) is 17.8 Å². The molecule has 0 aromatic heterocycles. The molecular weight excluding hydrogens is 256 g/mol. The summed E-state index contributed by atoms with van der Waals surface area (Å²) in [5.74, 6) is -0.135. The normalized spacial score (nSPS) is 26.6. The fourth-order valence-electron chi connectivity index (χ4n) is 3.23. The predicted molar refractivity (Wildman–Crippen MR) is 76.4 cm³/mol. The van der Waals surface area contributed by atoms with Gasteiger partial charge in [-0.3, -0.25) is 4.79 Å². The Morgan fingerprint density at radius 2 is 1.75 bits per heavy atom. The number of hydrogen-bond acceptors (Lipinski definition) is 2. The second-order valence-electron chi connectivity index (χ2n) is 6.21. The Labute approximate surface area is 120 Å². The molecule has 2 amide bonds. The van der Waals surface area contributed by atoms with E-state index in [0.717, 1.165) is 44.6 Å². The number of hydrogen-bond donors (Lipinski definition) is 3. The molecule has 5 nitrogen and oxygen atoms in total. The van der Waals surface area contributed by atoms with Gasteiger partial charge in [0.15, 0.2) is 0 Å². The van der Waals surface area contributed by atoms with Crippen molar-refractivity contribution in [1.82, 2.24) is 10.6 Å². The van der Waals surface area contributed by atoms with Crippen molar-refractivity contribution in [2.24, 2.45) is 17.8 Å². The molecule has 0 aliphatic heterocycles. The Kier molecular flexibility index (Phi) is 5.68. The maximum Gasteiger partial charge on any atom is 0.314 e. The number of aliphatic carboxylic acids is 1. The van der Waals surface area contributed by atoms with Crippen molar-refractivity contribution >= 4 is 12.0 Å². The molecule has 0 bridgehead atoms. The van der Waals surface area contributed by atoms with Crippen LogP contribution in [0.2, 0.25) is 0 Å². The van der Waals surface area contributed by atoms with Gasteiger partial charge in [-0.25, -0.2) is 4.79 Å². The molecule has 0 heterocycles. The van der Waals surface area contributed by atoms with Gasteiger partial charge >= 0.3 is 12.0 Å². The van der Waals surface area contributed by atoms with Crippen LogP contribution in [0.4, 0.5) is 4.79 Å². The zero-order valence-corrected chi connectivity index (χ0v) is 12.1. The van der Waals surface area contributed by atoms with Crippen LogP contribution >= 0.6 is 0 Å². The van der Waals surface area contributed by atoms with Crippen molar-refractivity contribution in [3.63, 3.8) is 0 Å². The first-order valence-electron chi connectivity index (χ1n) is 7.91. The summed E-state index contributed by atoms with van der Waals surface area (Å²) in [5, 5.41) is 14.9. The third-order valence-electron chi connectivity index (χ3n) is 4.81. The standard InChI is InChI=1S/C15H26N2O3/c18-14(19)13-7-2-1-6-12(13)10-17-15(20)16-9-8-11-4-3-5-11/h11-13H,1-10H2,(H,18,19)(H2,16,17,20). The lowest BCUT2D eigenvalue weighted by atomic mass is 9.79. The second-order valence-corrected chi connectivity index (χ2v) is 6.21. The Morgan fingerprint density at radius 1 is 1.00 bits per heavy atom. The summed E-state index contributed by atoms with van der Waals surface area (Å²) >= 11 is 0. The minimum absolute atomic E-state index is 0.0821. The number of amides is 2. The average molecular weight is 282 g/mol. The van der Waals surface area contributed by atoms with Crippen LogP contribution < -0.4 is 10.6 Å². The lowest BCUT2D eigenvalue weighted by Gasteiger charge is -2.28. The molecule has 114 valence electrons. The van der Waals surface area contributed by atoms with Gasteiger partial charge in [-0.1, -0.05) is 32.1 Å². The van der Waals surface area contributed by atoms with Gasteiger partial charge in [-0.2, -0.15) is 0 Å². The van der Waals surface area contributed by atoms with Crippen molar-refractivity contribution in [1.29, 1.82) is 0 Å². The predicted octanol–water partition coefficient (Wildman–Crippen LogP) is 2.37. The number of carbonyl (C=O) groups is 2. The van der Waals surface area contributed by atoms with Crippen molar-refractivity contribution < 1.29 is 14.7 Å². The molecular formula is C15H26N2O3. The number of carboxylic acids is 1. The third kappa shape index (κ3) is 4.39. The van der Waals surface area contributed by atoms with Gasteiger partial charge in [-0.15, -0.1) is 0 Å². The molecule has 2 saturated carbocycles. The molecule has 5 heteroatoms. The summed E-state index contributed by atoms with van der Waals surface area (Å²) in [6.07, 6.45) is 8.69. The van der Waals surface area contributed by atoms with Crippen molar-refractivity contribution in [3.05, 3.63) is 0 Å². The summed E-state index contributed by atoms with van der Waals surface area (Å²) in [5.41, 5.74) is 0. The van der Waals surface area contributed by atoms with E-state index in [-0.39, 0.29) is 17.9 Å². The first-order valence-corrected chi connectivity index (χ1v) is 7.91. The number of urea groups is 1. The van der Waals surface area contributed by atoms with E-state index < -0.39 is 5.97 Å². The Hall–Kier alpha value is -1.26. The van der Waals surface area contributed by atoms with Crippen LogP contribution in [0.5, 0.6) is 0 Å². The number of carboxylic acid groups (broad SMARTS) is 1. The zero-order chi connectivity index (χ0) is 14.4. The minimum Gasteiger partial charge on any atom is -0.481 e. The lowest BCUT2D eigenvalue weighted by molar-refractivity contribution is -0.144. The van der Waals surface area contributed by atoms with E-state index in [4.69, 9.17) is 0 Å². The third-order valence-corrected chi connectivity index (χ3v) is 4.81. The molecule has 0 radical (unpaired) electrons. The van der Waals surface area contributed by atoms with Gasteiger partial charge in [0, 0.05) is 13.1 Å². The Morgan fingerprint density at radius 3 is 2.40 bits per heavy atom. The van der Waals surface area contributed by atoms with E-state index in [0.29, 0.717) is 6.54 Å². The molecule has 0 aromatic rings. The number of carbonyl (C=O) groups excluding carboxylic acids is 1. The fourth-order valence-corrected chi connectivity index (χ4v) is 3.23. The molecule has 2 unspecified atom stereocenters. The molecule has 20 heavy (non-hydrogen) atoms. The summed E-state index contributed by atoms with van der Waals surface area (Å²) in [6.45, 7) is 1.20. The summed E-state index contributed by atoms with van der Waals surface area (Å²) < 4.78 is 0. The molecule has 2 rings (SSSR count). The minimum atomic E-state index is -0.720. The van der Waals surface area contributed by atoms with Crippen LogP contribution in [-0.2, 0) is 4.79 Å². The number of rotatable bonds is 6. The maximum absolute atomic E-state index is 11.7. The van der Waals surface area contributed by atoms with Crippen molar-refractivity contribution in [2.45, 2.75) is 51.4 Å². The van der Waals surface area contributed by atoms with Crippen LogP contribution in [-0.4, -0.2) is 30.2 Å². The number of nitrogens with one attached hydrogen (secondary N) is 2. The van der Waals surface area contributed by atoms with Gasteiger partial charge in [0.25, 0.3) is 0 Å². The maximum atomic E-state index is 11.7. The summed E-state index contributed by atoms with van der Waals surface area (Å²) in [6, 6.07) is -0.154. The van der Waals surface area contributed by atoms with E-state index in [1.165, 1.54) is 19.3 Å². The topological polar surface area (TPSA) is 78.4 Å².